The average molecular weight is 380 g/mol. The highest BCUT2D eigenvalue weighted by Gasteiger charge is 2.21. The smallest absolute Gasteiger partial charge is 0.241 e. The van der Waals surface area contributed by atoms with E-state index >= 15 is 0 Å². The first kappa shape index (κ1) is 19.9. The van der Waals surface area contributed by atoms with Crippen molar-refractivity contribution in [3.63, 3.8) is 0 Å². The molecule has 3 N–H and O–H groups in total. The van der Waals surface area contributed by atoms with Gasteiger partial charge in [0.1, 0.15) is 6.04 Å². The third kappa shape index (κ3) is 5.10. The van der Waals surface area contributed by atoms with Crippen molar-refractivity contribution in [2.75, 3.05) is 37.6 Å². The Bertz CT molecular complexity index is 784. The summed E-state index contributed by atoms with van der Waals surface area (Å²) < 4.78 is 0. The SMILES string of the molecule is Cc1ccc(C(N)C(=O)NCCC(=O)N2CCN(c3ccccc3)CC2)cc1. The number of anilines is 1. The zero-order chi connectivity index (χ0) is 19.9. The topological polar surface area (TPSA) is 78.7 Å². The Morgan fingerprint density at radius 3 is 2.29 bits per heavy atom. The molecule has 2 aromatic carbocycles. The molecular formula is C22H28N4O2. The lowest BCUT2D eigenvalue weighted by Crippen LogP contribution is -2.49. The number of nitrogens with zero attached hydrogens (tertiary/aromatic N) is 2. The Hall–Kier alpha value is -2.86. The Kier molecular flexibility index (Phi) is 6.66. The summed E-state index contributed by atoms with van der Waals surface area (Å²) >= 11 is 0. The van der Waals surface area contributed by atoms with Gasteiger partial charge in [-0.3, -0.25) is 9.59 Å². The van der Waals surface area contributed by atoms with Gasteiger partial charge in [0.2, 0.25) is 11.8 Å². The number of amides is 2. The molecule has 0 aromatic heterocycles. The van der Waals surface area contributed by atoms with E-state index in [9.17, 15) is 9.59 Å². The van der Waals surface area contributed by atoms with Crippen LogP contribution < -0.4 is 16.0 Å². The van der Waals surface area contributed by atoms with Crippen LogP contribution in [0.2, 0.25) is 0 Å². The van der Waals surface area contributed by atoms with E-state index in [-0.39, 0.29) is 18.2 Å². The number of hydrogen-bond acceptors (Lipinski definition) is 4. The maximum atomic E-state index is 12.4. The van der Waals surface area contributed by atoms with Crippen LogP contribution in [0, 0.1) is 6.92 Å². The molecule has 1 saturated heterocycles. The van der Waals surface area contributed by atoms with Gasteiger partial charge in [-0.2, -0.15) is 0 Å². The summed E-state index contributed by atoms with van der Waals surface area (Å²) in [5, 5.41) is 2.78. The number of hydrogen-bond donors (Lipinski definition) is 2. The van der Waals surface area contributed by atoms with Crippen LogP contribution >= 0.6 is 0 Å². The van der Waals surface area contributed by atoms with Gasteiger partial charge in [-0.15, -0.1) is 0 Å². The molecule has 1 aliphatic rings. The van der Waals surface area contributed by atoms with E-state index in [0.29, 0.717) is 19.6 Å². The zero-order valence-electron chi connectivity index (χ0n) is 16.3. The van der Waals surface area contributed by atoms with E-state index < -0.39 is 6.04 Å². The molecule has 0 saturated carbocycles. The van der Waals surface area contributed by atoms with Crippen molar-refractivity contribution in [1.29, 1.82) is 0 Å². The monoisotopic (exact) mass is 380 g/mol. The van der Waals surface area contributed by atoms with E-state index in [4.69, 9.17) is 5.73 Å². The Morgan fingerprint density at radius 1 is 1.00 bits per heavy atom. The number of carbonyl (C=O) groups excluding carboxylic acids is 2. The summed E-state index contributed by atoms with van der Waals surface area (Å²) in [4.78, 5) is 28.8. The summed E-state index contributed by atoms with van der Waals surface area (Å²) in [6, 6.07) is 17.1. The van der Waals surface area contributed by atoms with Crippen LogP contribution in [0.15, 0.2) is 54.6 Å². The van der Waals surface area contributed by atoms with Crippen LogP contribution in [0.4, 0.5) is 5.69 Å². The van der Waals surface area contributed by atoms with Crippen molar-refractivity contribution in [2.24, 2.45) is 5.73 Å². The van der Waals surface area contributed by atoms with E-state index in [0.717, 1.165) is 24.2 Å². The number of carbonyl (C=O) groups is 2. The lowest BCUT2D eigenvalue weighted by atomic mass is 10.1. The van der Waals surface area contributed by atoms with Gasteiger partial charge in [0.25, 0.3) is 0 Å². The summed E-state index contributed by atoms with van der Waals surface area (Å²) in [6.07, 6.45) is 0.289. The highest BCUT2D eigenvalue weighted by Crippen LogP contribution is 2.16. The lowest BCUT2D eigenvalue weighted by molar-refractivity contribution is -0.131. The fourth-order valence-electron chi connectivity index (χ4n) is 3.34. The van der Waals surface area contributed by atoms with Crippen molar-refractivity contribution in [3.8, 4) is 0 Å². The van der Waals surface area contributed by atoms with Crippen molar-refractivity contribution in [2.45, 2.75) is 19.4 Å². The summed E-state index contributed by atoms with van der Waals surface area (Å²) in [7, 11) is 0. The number of piperazine rings is 1. The number of rotatable bonds is 6. The van der Waals surface area contributed by atoms with Crippen LogP contribution in [0.1, 0.15) is 23.6 Å². The lowest BCUT2D eigenvalue weighted by Gasteiger charge is -2.36. The molecule has 1 unspecified atom stereocenters. The van der Waals surface area contributed by atoms with Gasteiger partial charge in [-0.1, -0.05) is 48.0 Å². The number of benzene rings is 2. The van der Waals surface area contributed by atoms with Crippen molar-refractivity contribution in [1.82, 2.24) is 10.2 Å². The number of para-hydroxylation sites is 1. The molecule has 1 fully saturated rings. The van der Waals surface area contributed by atoms with Crippen LogP contribution in [0.25, 0.3) is 0 Å². The molecule has 6 heteroatoms. The van der Waals surface area contributed by atoms with Gasteiger partial charge in [-0.25, -0.2) is 0 Å². The van der Waals surface area contributed by atoms with Gasteiger partial charge < -0.3 is 20.9 Å². The van der Waals surface area contributed by atoms with Gasteiger partial charge in [0, 0.05) is 44.8 Å². The minimum absolute atomic E-state index is 0.0666. The second kappa shape index (κ2) is 9.37. The highest BCUT2D eigenvalue weighted by molar-refractivity contribution is 5.84. The van der Waals surface area contributed by atoms with Crippen molar-refractivity contribution < 1.29 is 9.59 Å². The second-order valence-electron chi connectivity index (χ2n) is 7.13. The molecule has 2 aromatic rings. The first-order chi connectivity index (χ1) is 13.5. The largest absolute Gasteiger partial charge is 0.368 e. The average Bonchev–Trinajstić information content (AvgIpc) is 2.74. The predicted molar refractivity (Wildman–Crippen MR) is 111 cm³/mol. The Balaban J connectivity index is 1.40. The third-order valence-electron chi connectivity index (χ3n) is 5.11. The van der Waals surface area contributed by atoms with E-state index in [1.807, 2.05) is 54.3 Å². The van der Waals surface area contributed by atoms with Crippen molar-refractivity contribution in [3.05, 3.63) is 65.7 Å². The van der Waals surface area contributed by atoms with Crippen LogP contribution in [0.3, 0.4) is 0 Å². The Labute approximate surface area is 166 Å². The molecule has 0 spiro atoms. The molecule has 0 radical (unpaired) electrons. The number of nitrogens with two attached hydrogens (primary N) is 1. The van der Waals surface area contributed by atoms with E-state index in [1.54, 1.807) is 0 Å². The van der Waals surface area contributed by atoms with Crippen LogP contribution in [0.5, 0.6) is 0 Å². The molecule has 148 valence electrons. The first-order valence-electron chi connectivity index (χ1n) is 9.72. The van der Waals surface area contributed by atoms with Gasteiger partial charge in [0.05, 0.1) is 0 Å². The number of nitrogens with one attached hydrogen (secondary N) is 1. The second-order valence-corrected chi connectivity index (χ2v) is 7.13. The molecule has 6 nitrogen and oxygen atoms in total. The molecular weight excluding hydrogens is 352 g/mol. The van der Waals surface area contributed by atoms with E-state index in [2.05, 4.69) is 22.3 Å². The maximum Gasteiger partial charge on any atom is 0.241 e. The minimum atomic E-state index is -0.717. The molecule has 2 amide bonds. The molecule has 0 aliphatic carbocycles. The Morgan fingerprint density at radius 2 is 1.64 bits per heavy atom. The number of aryl methyl sites for hydroxylation is 1. The first-order valence-corrected chi connectivity index (χ1v) is 9.72. The summed E-state index contributed by atoms with van der Waals surface area (Å²) in [6.45, 7) is 5.33. The van der Waals surface area contributed by atoms with Crippen LogP contribution in [-0.2, 0) is 9.59 Å². The maximum absolute atomic E-state index is 12.4. The third-order valence-corrected chi connectivity index (χ3v) is 5.11. The molecule has 0 bridgehead atoms. The quantitative estimate of drug-likeness (QED) is 0.802. The molecule has 1 heterocycles. The molecule has 1 atom stereocenters. The van der Waals surface area contributed by atoms with E-state index in [1.165, 1.54) is 5.69 Å². The predicted octanol–water partition coefficient (Wildman–Crippen LogP) is 1.85. The highest BCUT2D eigenvalue weighted by atomic mass is 16.2. The molecule has 3 rings (SSSR count). The fraction of sp³-hybridized carbons (Fsp3) is 0.364. The van der Waals surface area contributed by atoms with Crippen LogP contribution in [-0.4, -0.2) is 49.4 Å². The van der Waals surface area contributed by atoms with Gasteiger partial charge in [-0.05, 0) is 24.6 Å². The summed E-state index contributed by atoms with van der Waals surface area (Å²) in [5.41, 5.74) is 9.08. The zero-order valence-corrected chi connectivity index (χ0v) is 16.3. The normalized spacial score (nSPS) is 15.2. The fourth-order valence-corrected chi connectivity index (χ4v) is 3.34. The standard InChI is InChI=1S/C22H28N4O2/c1-17-7-9-18(10-8-17)21(23)22(28)24-12-11-20(27)26-15-13-25(14-16-26)19-5-3-2-4-6-19/h2-10,21H,11-16,23H2,1H3,(H,24,28). The summed E-state index contributed by atoms with van der Waals surface area (Å²) in [5.74, 6) is -0.192. The minimum Gasteiger partial charge on any atom is -0.368 e. The van der Waals surface area contributed by atoms with Gasteiger partial charge >= 0.3 is 0 Å². The molecule has 1 aliphatic heterocycles. The molecule has 28 heavy (non-hydrogen) atoms. The van der Waals surface area contributed by atoms with Crippen molar-refractivity contribution >= 4 is 17.5 Å². The van der Waals surface area contributed by atoms with Gasteiger partial charge in [0.15, 0.2) is 0 Å².